The molecule has 0 saturated carbocycles. The van der Waals surface area contributed by atoms with Crippen LogP contribution < -0.4 is 0 Å². The Morgan fingerprint density at radius 3 is 2.12 bits per heavy atom. The molecule has 0 aliphatic heterocycles. The van der Waals surface area contributed by atoms with Gasteiger partial charge < -0.3 is 0 Å². The van der Waals surface area contributed by atoms with Gasteiger partial charge in [0.1, 0.15) is 0 Å². The third-order valence-corrected chi connectivity index (χ3v) is 7.88. The second-order valence-electron chi connectivity index (χ2n) is 7.34. The van der Waals surface area contributed by atoms with Crippen molar-refractivity contribution in [1.29, 1.82) is 0 Å². The molecule has 0 amide bonds. The maximum absolute atomic E-state index is 13.2. The van der Waals surface area contributed by atoms with Crippen molar-refractivity contribution < 1.29 is 8.42 Å². The molecule has 0 aromatic heterocycles. The first-order valence-electron chi connectivity index (χ1n) is 8.63. The van der Waals surface area contributed by atoms with Gasteiger partial charge in [-0.1, -0.05) is 73.7 Å². The number of sulfonamides is 1. The highest BCUT2D eigenvalue weighted by molar-refractivity contribution is 7.89. The van der Waals surface area contributed by atoms with Crippen LogP contribution in [0.25, 0.3) is 5.20 Å². The van der Waals surface area contributed by atoms with Crippen molar-refractivity contribution in [3.8, 4) is 0 Å². The Morgan fingerprint density at radius 1 is 1.04 bits per heavy atom. The van der Waals surface area contributed by atoms with Crippen molar-refractivity contribution in [3.05, 3.63) is 84.6 Å². The van der Waals surface area contributed by atoms with Crippen LogP contribution in [0.5, 0.6) is 0 Å². The number of hydrogen-bond donors (Lipinski definition) is 0. The van der Waals surface area contributed by atoms with Gasteiger partial charge in [0.25, 0.3) is 10.0 Å². The number of nitrogens with zero attached hydrogens (tertiary/aromatic N) is 1. The molecule has 0 aliphatic carbocycles. The summed E-state index contributed by atoms with van der Waals surface area (Å²) in [4.78, 5) is 0.296. The average Bonchev–Trinajstić information content (AvgIpc) is 2.58. The largest absolute Gasteiger partial charge is 0.270 e. The fourth-order valence-corrected chi connectivity index (χ4v) is 5.62. The molecular weight excluding hydrogens is 358 g/mol. The van der Waals surface area contributed by atoms with Crippen molar-refractivity contribution >= 4 is 23.3 Å². The zero-order valence-electron chi connectivity index (χ0n) is 15.9. The Labute approximate surface area is 158 Å². The van der Waals surface area contributed by atoms with E-state index in [2.05, 4.69) is 26.2 Å². The molecule has 0 N–H and O–H groups in total. The van der Waals surface area contributed by atoms with Gasteiger partial charge in [-0.3, -0.25) is 4.31 Å². The summed E-state index contributed by atoms with van der Waals surface area (Å²) in [5.74, 6) is 0. The summed E-state index contributed by atoms with van der Waals surface area (Å²) >= 11 is 0. The maximum Gasteiger partial charge on any atom is 0.264 e. The van der Waals surface area contributed by atoms with Crippen molar-refractivity contribution in [3.63, 3.8) is 0 Å². The fourth-order valence-electron chi connectivity index (χ4n) is 2.66. The SMILES string of the molecule is C=CCN(/C=C(\c1ccccc1)[Si](C)(C)C)S(=O)(=O)c1ccc(C)cc1. The molecule has 5 heteroatoms. The molecule has 2 aromatic rings. The minimum atomic E-state index is -3.64. The Kier molecular flexibility index (Phi) is 6.26. The van der Waals surface area contributed by atoms with Crippen LogP contribution in [0.1, 0.15) is 11.1 Å². The van der Waals surface area contributed by atoms with E-state index in [9.17, 15) is 8.42 Å². The van der Waals surface area contributed by atoms with Gasteiger partial charge in [0.2, 0.25) is 0 Å². The van der Waals surface area contributed by atoms with Crippen molar-refractivity contribution in [2.45, 2.75) is 31.5 Å². The number of hydrogen-bond acceptors (Lipinski definition) is 2. The van der Waals surface area contributed by atoms with Gasteiger partial charge in [-0.05, 0) is 29.8 Å². The molecule has 0 fully saturated rings. The maximum atomic E-state index is 13.2. The minimum Gasteiger partial charge on any atom is -0.270 e. The molecule has 138 valence electrons. The van der Waals surface area contributed by atoms with Gasteiger partial charge in [0.15, 0.2) is 0 Å². The molecular formula is C21H27NO2SSi. The van der Waals surface area contributed by atoms with E-state index in [0.717, 1.165) is 16.3 Å². The summed E-state index contributed by atoms with van der Waals surface area (Å²) in [6.45, 7) is 12.6. The highest BCUT2D eigenvalue weighted by atomic mass is 32.2. The monoisotopic (exact) mass is 385 g/mol. The summed E-state index contributed by atoms with van der Waals surface area (Å²) in [5, 5.41) is 1.09. The van der Waals surface area contributed by atoms with Crippen LogP contribution >= 0.6 is 0 Å². The highest BCUT2D eigenvalue weighted by Gasteiger charge is 2.26. The second-order valence-corrected chi connectivity index (χ2v) is 14.3. The second kappa shape index (κ2) is 8.06. The molecule has 0 unspecified atom stereocenters. The van der Waals surface area contributed by atoms with E-state index in [0.29, 0.717) is 4.90 Å². The van der Waals surface area contributed by atoms with E-state index < -0.39 is 18.1 Å². The lowest BCUT2D eigenvalue weighted by Crippen LogP contribution is -2.30. The van der Waals surface area contributed by atoms with E-state index >= 15 is 0 Å². The Morgan fingerprint density at radius 2 is 1.62 bits per heavy atom. The Hall–Kier alpha value is -2.11. The third kappa shape index (κ3) is 4.74. The van der Waals surface area contributed by atoms with E-state index in [4.69, 9.17) is 0 Å². The smallest absolute Gasteiger partial charge is 0.264 e. The standard InChI is InChI=1S/C21H27NO2SSi/c1-6-16-22(25(23,24)20-14-12-18(2)13-15-20)17-21(26(3,4)5)19-10-8-7-9-11-19/h6-15,17H,1,16H2,2-5H3/b21-17+. The van der Waals surface area contributed by atoms with Crippen LogP contribution in [0.2, 0.25) is 19.6 Å². The first-order chi connectivity index (χ1) is 12.2. The highest BCUT2D eigenvalue weighted by Crippen LogP contribution is 2.28. The van der Waals surface area contributed by atoms with Crippen molar-refractivity contribution in [1.82, 2.24) is 4.31 Å². The van der Waals surface area contributed by atoms with Gasteiger partial charge in [-0.2, -0.15) is 0 Å². The summed E-state index contributed by atoms with van der Waals surface area (Å²) in [5.41, 5.74) is 2.10. The fraction of sp³-hybridized carbons (Fsp3) is 0.238. The molecule has 2 rings (SSSR count). The molecule has 3 nitrogen and oxygen atoms in total. The third-order valence-electron chi connectivity index (χ3n) is 4.10. The Balaban J connectivity index is 2.58. The van der Waals surface area contributed by atoms with Crippen molar-refractivity contribution in [2.75, 3.05) is 6.54 Å². The Bertz CT molecular complexity index is 880. The van der Waals surface area contributed by atoms with Gasteiger partial charge in [-0.15, -0.1) is 6.58 Å². The van der Waals surface area contributed by atoms with Crippen LogP contribution in [-0.4, -0.2) is 27.3 Å². The lowest BCUT2D eigenvalue weighted by Gasteiger charge is -2.26. The van der Waals surface area contributed by atoms with Gasteiger partial charge >= 0.3 is 0 Å². The van der Waals surface area contributed by atoms with Gasteiger partial charge in [-0.25, -0.2) is 8.42 Å². The first-order valence-corrected chi connectivity index (χ1v) is 13.6. The molecule has 26 heavy (non-hydrogen) atoms. The van der Waals surface area contributed by atoms with Crippen LogP contribution in [0.4, 0.5) is 0 Å². The summed E-state index contributed by atoms with van der Waals surface area (Å²) < 4.78 is 27.8. The predicted molar refractivity (Wildman–Crippen MR) is 113 cm³/mol. The lowest BCUT2D eigenvalue weighted by molar-refractivity contribution is 0.523. The molecule has 0 spiro atoms. The quantitative estimate of drug-likeness (QED) is 0.492. The first kappa shape index (κ1) is 20.2. The normalized spacial score (nSPS) is 12.7. The van der Waals surface area contributed by atoms with Crippen LogP contribution in [0, 0.1) is 6.92 Å². The average molecular weight is 386 g/mol. The molecule has 0 atom stereocenters. The zero-order valence-corrected chi connectivity index (χ0v) is 17.8. The van der Waals surface area contributed by atoms with E-state index in [1.807, 2.05) is 49.4 Å². The predicted octanol–water partition coefficient (Wildman–Crippen LogP) is 5.09. The number of rotatable bonds is 7. The topological polar surface area (TPSA) is 37.4 Å². The van der Waals surface area contributed by atoms with Gasteiger partial charge in [0.05, 0.1) is 19.5 Å². The summed E-state index contributed by atoms with van der Waals surface area (Å²) in [6, 6.07) is 17.0. The number of benzene rings is 2. The van der Waals surface area contributed by atoms with Crippen molar-refractivity contribution in [2.24, 2.45) is 0 Å². The van der Waals surface area contributed by atoms with Crippen LogP contribution in [0.3, 0.4) is 0 Å². The zero-order chi connectivity index (χ0) is 19.4. The summed E-state index contributed by atoms with van der Waals surface area (Å²) in [6.07, 6.45) is 3.42. The van der Waals surface area contributed by atoms with E-state index in [1.165, 1.54) is 4.31 Å². The molecule has 2 aromatic carbocycles. The molecule has 0 heterocycles. The number of aryl methyl sites for hydroxylation is 1. The van der Waals surface area contributed by atoms with Crippen LogP contribution in [-0.2, 0) is 10.0 Å². The van der Waals surface area contributed by atoms with Crippen LogP contribution in [0.15, 0.2) is 78.3 Å². The molecule has 0 bridgehead atoms. The minimum absolute atomic E-state index is 0.233. The summed E-state index contributed by atoms with van der Waals surface area (Å²) in [7, 11) is -5.42. The molecule has 0 saturated heterocycles. The van der Waals surface area contributed by atoms with E-state index in [1.54, 1.807) is 24.4 Å². The van der Waals surface area contributed by atoms with E-state index in [-0.39, 0.29) is 6.54 Å². The molecule has 0 radical (unpaired) electrons. The van der Waals surface area contributed by atoms with Gasteiger partial charge in [0, 0.05) is 6.20 Å². The molecule has 0 aliphatic rings. The lowest BCUT2D eigenvalue weighted by atomic mass is 10.2.